The topological polar surface area (TPSA) is 99.7 Å². The normalized spacial score (nSPS) is 16.5. The van der Waals surface area contributed by atoms with Gasteiger partial charge in [0.15, 0.2) is 0 Å². The Morgan fingerprint density at radius 1 is 1.38 bits per heavy atom. The Labute approximate surface area is 150 Å². The summed E-state index contributed by atoms with van der Waals surface area (Å²) in [5.41, 5.74) is 0.898. The fraction of sp³-hybridized carbons (Fsp3) is 0.412. The molecular formula is C17H20N4O5. The van der Waals surface area contributed by atoms with E-state index in [-0.39, 0.29) is 24.3 Å². The lowest BCUT2D eigenvalue weighted by Gasteiger charge is -2.26. The Kier molecular flexibility index (Phi) is 5.06. The Morgan fingerprint density at radius 3 is 2.85 bits per heavy atom. The van der Waals surface area contributed by atoms with Gasteiger partial charge in [0.1, 0.15) is 24.2 Å². The molecule has 1 aromatic heterocycles. The van der Waals surface area contributed by atoms with Gasteiger partial charge in [0.05, 0.1) is 20.3 Å². The first-order chi connectivity index (χ1) is 12.5. The second kappa shape index (κ2) is 7.42. The van der Waals surface area contributed by atoms with Crippen LogP contribution in [0.5, 0.6) is 11.5 Å². The number of nitro groups is 1. The van der Waals surface area contributed by atoms with Crippen LogP contribution in [-0.2, 0) is 11.3 Å². The van der Waals surface area contributed by atoms with Gasteiger partial charge >= 0.3 is 5.82 Å². The molecule has 0 spiro atoms. The highest BCUT2D eigenvalue weighted by Gasteiger charge is 2.32. The fourth-order valence-corrected chi connectivity index (χ4v) is 3.26. The molecule has 1 unspecified atom stereocenters. The maximum atomic E-state index is 12.8. The van der Waals surface area contributed by atoms with E-state index in [1.807, 2.05) is 18.2 Å². The minimum atomic E-state index is -0.583. The molecule has 2 aromatic rings. The molecule has 3 rings (SSSR count). The molecule has 2 heterocycles. The number of hydrogen-bond acceptors (Lipinski definition) is 6. The van der Waals surface area contributed by atoms with Gasteiger partial charge in [-0.3, -0.25) is 4.79 Å². The molecule has 0 N–H and O–H groups in total. The quantitative estimate of drug-likeness (QED) is 0.578. The van der Waals surface area contributed by atoms with Crippen molar-refractivity contribution < 1.29 is 19.2 Å². The smallest absolute Gasteiger partial charge is 0.381 e. The summed E-state index contributed by atoms with van der Waals surface area (Å²) in [6.07, 6.45) is 4.25. The number of ether oxygens (including phenoxy) is 2. The van der Waals surface area contributed by atoms with Crippen LogP contribution in [0.25, 0.3) is 0 Å². The number of imidazole rings is 1. The van der Waals surface area contributed by atoms with E-state index in [0.29, 0.717) is 18.0 Å². The van der Waals surface area contributed by atoms with E-state index in [1.165, 1.54) is 17.1 Å². The average molecular weight is 360 g/mol. The van der Waals surface area contributed by atoms with Crippen molar-refractivity contribution in [1.29, 1.82) is 0 Å². The van der Waals surface area contributed by atoms with Gasteiger partial charge < -0.3 is 29.1 Å². The number of hydrogen-bond donors (Lipinski definition) is 0. The molecule has 1 aliphatic heterocycles. The van der Waals surface area contributed by atoms with Gasteiger partial charge in [-0.2, -0.15) is 0 Å². The lowest BCUT2D eigenvalue weighted by Crippen LogP contribution is -2.33. The Bertz CT molecular complexity index is 819. The Morgan fingerprint density at radius 2 is 2.19 bits per heavy atom. The third kappa shape index (κ3) is 3.46. The number of carbonyl (C=O) groups excluding carboxylic acids is 1. The number of methoxy groups -OCH3 is 2. The summed E-state index contributed by atoms with van der Waals surface area (Å²) >= 11 is 0. The lowest BCUT2D eigenvalue weighted by molar-refractivity contribution is -0.389. The van der Waals surface area contributed by atoms with Gasteiger partial charge in [-0.1, -0.05) is 0 Å². The molecule has 1 aliphatic rings. The summed E-state index contributed by atoms with van der Waals surface area (Å²) in [5.74, 6) is 1.01. The van der Waals surface area contributed by atoms with Crippen molar-refractivity contribution in [2.75, 3.05) is 20.8 Å². The predicted octanol–water partition coefficient (Wildman–Crippen LogP) is 2.17. The van der Waals surface area contributed by atoms with Crippen LogP contribution in [0, 0.1) is 10.1 Å². The van der Waals surface area contributed by atoms with Crippen LogP contribution in [0.2, 0.25) is 0 Å². The van der Waals surface area contributed by atoms with E-state index in [0.717, 1.165) is 18.4 Å². The highest BCUT2D eigenvalue weighted by atomic mass is 16.6. The predicted molar refractivity (Wildman–Crippen MR) is 92.1 cm³/mol. The van der Waals surface area contributed by atoms with E-state index in [9.17, 15) is 14.9 Å². The maximum Gasteiger partial charge on any atom is 0.381 e. The summed E-state index contributed by atoms with van der Waals surface area (Å²) in [5, 5.41) is 10.7. The molecule has 1 atom stereocenters. The highest BCUT2D eigenvalue weighted by Crippen LogP contribution is 2.39. The zero-order valence-corrected chi connectivity index (χ0v) is 14.6. The van der Waals surface area contributed by atoms with Crippen LogP contribution in [0.3, 0.4) is 0 Å². The number of benzene rings is 1. The summed E-state index contributed by atoms with van der Waals surface area (Å²) < 4.78 is 12.2. The van der Waals surface area contributed by atoms with Crippen LogP contribution < -0.4 is 9.47 Å². The van der Waals surface area contributed by atoms with E-state index in [1.54, 1.807) is 19.1 Å². The number of likely N-dealkylation sites (tertiary alicyclic amines) is 1. The zero-order chi connectivity index (χ0) is 18.7. The van der Waals surface area contributed by atoms with E-state index < -0.39 is 4.92 Å². The van der Waals surface area contributed by atoms with Gasteiger partial charge in [-0.25, -0.2) is 0 Å². The van der Waals surface area contributed by atoms with Crippen molar-refractivity contribution in [1.82, 2.24) is 14.5 Å². The number of nitrogens with zero attached hydrogens (tertiary/aromatic N) is 4. The molecule has 0 radical (unpaired) electrons. The first-order valence-electron chi connectivity index (χ1n) is 8.21. The molecule has 1 aromatic carbocycles. The van der Waals surface area contributed by atoms with Crippen LogP contribution in [0.15, 0.2) is 30.7 Å². The molecule has 0 aliphatic carbocycles. The Hall–Kier alpha value is -3.10. The molecule has 26 heavy (non-hydrogen) atoms. The molecule has 1 amide bonds. The minimum Gasteiger partial charge on any atom is -0.497 e. The molecule has 1 saturated heterocycles. The highest BCUT2D eigenvalue weighted by molar-refractivity contribution is 5.77. The SMILES string of the molecule is COc1ccc(OC)c(C2CCCN2C(=O)Cn2cnc([N+](=O)[O-])c2)c1. The zero-order valence-electron chi connectivity index (χ0n) is 14.6. The van der Waals surface area contributed by atoms with Crippen molar-refractivity contribution in [3.63, 3.8) is 0 Å². The number of aromatic nitrogens is 2. The molecule has 0 bridgehead atoms. The molecule has 138 valence electrons. The Balaban J connectivity index is 1.81. The van der Waals surface area contributed by atoms with Gasteiger partial charge in [0, 0.05) is 12.1 Å². The van der Waals surface area contributed by atoms with Crippen molar-refractivity contribution in [3.8, 4) is 11.5 Å². The minimum absolute atomic E-state index is 0.00360. The van der Waals surface area contributed by atoms with Crippen LogP contribution >= 0.6 is 0 Å². The third-order valence-electron chi connectivity index (χ3n) is 4.49. The van der Waals surface area contributed by atoms with Crippen molar-refractivity contribution >= 4 is 11.7 Å². The first kappa shape index (κ1) is 17.7. The summed E-state index contributed by atoms with van der Waals surface area (Å²) in [4.78, 5) is 28.4. The summed E-state index contributed by atoms with van der Waals surface area (Å²) in [7, 11) is 3.19. The number of rotatable bonds is 6. The van der Waals surface area contributed by atoms with Crippen LogP contribution in [0.1, 0.15) is 24.4 Å². The third-order valence-corrected chi connectivity index (χ3v) is 4.49. The lowest BCUT2D eigenvalue weighted by atomic mass is 10.0. The summed E-state index contributed by atoms with van der Waals surface area (Å²) in [6.45, 7) is 0.629. The van der Waals surface area contributed by atoms with Gasteiger partial charge in [-0.05, 0) is 40.9 Å². The standard InChI is InChI=1S/C17H20N4O5/c1-25-12-5-6-15(26-2)13(8-12)14-4-3-7-20(14)17(22)10-19-9-16(18-11-19)21(23)24/h5-6,8-9,11,14H,3-4,7,10H2,1-2H3. The van der Waals surface area contributed by atoms with Crippen molar-refractivity contribution in [2.45, 2.75) is 25.4 Å². The van der Waals surface area contributed by atoms with Crippen molar-refractivity contribution in [2.24, 2.45) is 0 Å². The second-order valence-corrected chi connectivity index (χ2v) is 6.01. The average Bonchev–Trinajstić information content (AvgIpc) is 3.30. The fourth-order valence-electron chi connectivity index (χ4n) is 3.26. The van der Waals surface area contributed by atoms with Gasteiger partial charge in [-0.15, -0.1) is 0 Å². The van der Waals surface area contributed by atoms with Gasteiger partial charge in [0.2, 0.25) is 12.2 Å². The second-order valence-electron chi connectivity index (χ2n) is 6.01. The largest absolute Gasteiger partial charge is 0.497 e. The molecule has 9 nitrogen and oxygen atoms in total. The van der Waals surface area contributed by atoms with Crippen LogP contribution in [-0.4, -0.2) is 46.0 Å². The van der Waals surface area contributed by atoms with E-state index in [4.69, 9.17) is 9.47 Å². The summed E-state index contributed by atoms with van der Waals surface area (Å²) in [6, 6.07) is 5.41. The number of carbonyl (C=O) groups is 1. The monoisotopic (exact) mass is 360 g/mol. The van der Waals surface area contributed by atoms with E-state index >= 15 is 0 Å². The van der Waals surface area contributed by atoms with Crippen molar-refractivity contribution in [3.05, 3.63) is 46.4 Å². The van der Waals surface area contributed by atoms with E-state index in [2.05, 4.69) is 4.98 Å². The first-order valence-corrected chi connectivity index (χ1v) is 8.21. The maximum absolute atomic E-state index is 12.8. The number of amides is 1. The molecular weight excluding hydrogens is 340 g/mol. The van der Waals surface area contributed by atoms with Gasteiger partial charge in [0.25, 0.3) is 0 Å². The molecule has 0 saturated carbocycles. The molecule has 9 heteroatoms. The van der Waals surface area contributed by atoms with Crippen LogP contribution in [0.4, 0.5) is 5.82 Å². The molecule has 1 fully saturated rings.